The van der Waals surface area contributed by atoms with Crippen LogP contribution < -0.4 is 5.32 Å². The Bertz CT molecular complexity index is 1110. The zero-order valence-corrected chi connectivity index (χ0v) is 18.9. The van der Waals surface area contributed by atoms with Gasteiger partial charge in [-0.15, -0.1) is 0 Å². The molecule has 0 spiro atoms. The lowest BCUT2D eigenvalue weighted by molar-refractivity contribution is -0.143. The molecule has 0 unspecified atom stereocenters. The molecule has 3 aromatic rings. The summed E-state index contributed by atoms with van der Waals surface area (Å²) < 4.78 is 11.3. The molecule has 0 radical (unpaired) electrons. The van der Waals surface area contributed by atoms with Crippen molar-refractivity contribution in [2.45, 2.75) is 19.0 Å². The molecule has 2 aromatic heterocycles. The highest BCUT2D eigenvalue weighted by molar-refractivity contribution is 7.80. The van der Waals surface area contributed by atoms with Crippen molar-refractivity contribution in [3.05, 3.63) is 76.2 Å². The minimum absolute atomic E-state index is 0.00852. The van der Waals surface area contributed by atoms with Crippen LogP contribution in [0.5, 0.6) is 0 Å². The maximum absolute atomic E-state index is 12.2. The number of hydrogen-bond donors (Lipinski definition) is 1. The number of aromatic nitrogens is 1. The Hall–Kier alpha value is -2.61. The molecular weight excluding hydrogens is 457 g/mol. The molecule has 0 amide bonds. The van der Waals surface area contributed by atoms with Crippen LogP contribution in [0.25, 0.3) is 11.3 Å². The number of carbonyl (C=O) groups is 1. The lowest BCUT2D eigenvalue weighted by Crippen LogP contribution is -2.35. The summed E-state index contributed by atoms with van der Waals surface area (Å²) in [5, 5.41) is 4.72. The number of nitrogens with one attached hydrogen (secondary N) is 1. The minimum Gasteiger partial charge on any atom is -0.465 e. The average Bonchev–Trinajstić information content (AvgIpc) is 3.34. The van der Waals surface area contributed by atoms with E-state index < -0.39 is 6.04 Å². The summed E-state index contributed by atoms with van der Waals surface area (Å²) in [6, 6.07) is 13.9. The van der Waals surface area contributed by atoms with E-state index in [9.17, 15) is 4.79 Å². The van der Waals surface area contributed by atoms with E-state index in [1.165, 1.54) is 0 Å². The van der Waals surface area contributed by atoms with Crippen LogP contribution in [0.1, 0.15) is 30.5 Å². The first-order valence-corrected chi connectivity index (χ1v) is 10.8. The predicted octanol–water partition coefficient (Wildman–Crippen LogP) is 5.18. The SMILES string of the molecule is CCOC(=O)CN1C(=S)N[C@@H](c2ccccn2)[C@@H]1c1ccc(-c2ccc(Cl)cc2Cl)o1. The molecule has 1 N–H and O–H groups in total. The molecule has 160 valence electrons. The van der Waals surface area contributed by atoms with Crippen molar-refractivity contribution in [1.29, 1.82) is 0 Å². The average molecular weight is 476 g/mol. The van der Waals surface area contributed by atoms with Crippen LogP contribution in [-0.4, -0.2) is 34.1 Å². The number of rotatable bonds is 6. The lowest BCUT2D eigenvalue weighted by atomic mass is 10.0. The van der Waals surface area contributed by atoms with Crippen molar-refractivity contribution >= 4 is 46.5 Å². The number of ether oxygens (including phenoxy) is 1. The molecule has 9 heteroatoms. The van der Waals surface area contributed by atoms with Gasteiger partial charge in [0.25, 0.3) is 0 Å². The fourth-order valence-electron chi connectivity index (χ4n) is 3.58. The highest BCUT2D eigenvalue weighted by atomic mass is 35.5. The van der Waals surface area contributed by atoms with E-state index >= 15 is 0 Å². The topological polar surface area (TPSA) is 67.6 Å². The molecule has 1 saturated heterocycles. The molecule has 1 aromatic carbocycles. The molecule has 2 atom stereocenters. The Balaban J connectivity index is 1.72. The van der Waals surface area contributed by atoms with Gasteiger partial charge in [-0.25, -0.2) is 0 Å². The summed E-state index contributed by atoms with van der Waals surface area (Å²) in [6.07, 6.45) is 1.71. The first-order chi connectivity index (χ1) is 15.0. The van der Waals surface area contributed by atoms with Crippen LogP contribution in [-0.2, 0) is 9.53 Å². The first-order valence-electron chi connectivity index (χ1n) is 9.66. The molecular formula is C22H19Cl2N3O3S. The fourth-order valence-corrected chi connectivity index (χ4v) is 4.38. The second-order valence-corrected chi connectivity index (χ2v) is 8.12. The van der Waals surface area contributed by atoms with E-state index in [1.54, 1.807) is 36.2 Å². The summed E-state index contributed by atoms with van der Waals surface area (Å²) in [5.41, 5.74) is 1.50. The normalized spacial score (nSPS) is 18.2. The molecule has 31 heavy (non-hydrogen) atoms. The van der Waals surface area contributed by atoms with Crippen molar-refractivity contribution in [3.63, 3.8) is 0 Å². The number of hydrogen-bond acceptors (Lipinski definition) is 5. The summed E-state index contributed by atoms with van der Waals surface area (Å²) in [4.78, 5) is 18.5. The van der Waals surface area contributed by atoms with Gasteiger partial charge in [0, 0.05) is 16.8 Å². The first kappa shape index (κ1) is 21.6. The second kappa shape index (κ2) is 9.26. The number of thiocarbonyl (C=S) groups is 1. The van der Waals surface area contributed by atoms with Gasteiger partial charge in [0.2, 0.25) is 0 Å². The molecule has 3 heterocycles. The summed E-state index contributed by atoms with van der Waals surface area (Å²) >= 11 is 17.9. The van der Waals surface area contributed by atoms with Crippen molar-refractivity contribution < 1.29 is 13.9 Å². The predicted molar refractivity (Wildman–Crippen MR) is 123 cm³/mol. The number of esters is 1. The van der Waals surface area contributed by atoms with E-state index in [2.05, 4.69) is 10.3 Å². The third-order valence-electron chi connectivity index (χ3n) is 4.92. The van der Waals surface area contributed by atoms with Gasteiger partial charge in [-0.1, -0.05) is 29.3 Å². The zero-order valence-electron chi connectivity index (χ0n) is 16.5. The molecule has 0 aliphatic carbocycles. The summed E-state index contributed by atoms with van der Waals surface area (Å²) in [7, 11) is 0. The lowest BCUT2D eigenvalue weighted by Gasteiger charge is -2.25. The van der Waals surface area contributed by atoms with E-state index in [0.29, 0.717) is 33.3 Å². The fraction of sp³-hybridized carbons (Fsp3) is 0.227. The smallest absolute Gasteiger partial charge is 0.325 e. The Morgan fingerprint density at radius 2 is 2.10 bits per heavy atom. The highest BCUT2D eigenvalue weighted by Crippen LogP contribution is 2.41. The van der Waals surface area contributed by atoms with Crippen LogP contribution in [0, 0.1) is 0 Å². The Labute approximate surface area is 195 Å². The van der Waals surface area contributed by atoms with Gasteiger partial charge in [-0.3, -0.25) is 9.78 Å². The van der Waals surface area contributed by atoms with Crippen LogP contribution in [0.4, 0.5) is 0 Å². The number of halogens is 2. The summed E-state index contributed by atoms with van der Waals surface area (Å²) in [5.74, 6) is 0.838. The molecule has 4 rings (SSSR count). The maximum atomic E-state index is 12.2. The van der Waals surface area contributed by atoms with Crippen LogP contribution in [0.3, 0.4) is 0 Å². The van der Waals surface area contributed by atoms with E-state index in [1.807, 2.05) is 30.3 Å². The second-order valence-electron chi connectivity index (χ2n) is 6.89. The van der Waals surface area contributed by atoms with Crippen molar-refractivity contribution in [1.82, 2.24) is 15.2 Å². The van der Waals surface area contributed by atoms with Crippen LogP contribution >= 0.6 is 35.4 Å². The maximum Gasteiger partial charge on any atom is 0.325 e. The number of benzene rings is 1. The third-order valence-corrected chi connectivity index (χ3v) is 5.82. The monoisotopic (exact) mass is 475 g/mol. The van der Waals surface area contributed by atoms with Gasteiger partial charge in [0.05, 0.1) is 23.4 Å². The van der Waals surface area contributed by atoms with E-state index in [0.717, 1.165) is 11.3 Å². The van der Waals surface area contributed by atoms with E-state index in [4.69, 9.17) is 44.6 Å². The van der Waals surface area contributed by atoms with Crippen LogP contribution in [0.15, 0.2) is 59.1 Å². The Morgan fingerprint density at radius 3 is 2.81 bits per heavy atom. The largest absolute Gasteiger partial charge is 0.465 e. The van der Waals surface area contributed by atoms with Gasteiger partial charge in [-0.2, -0.15) is 0 Å². The Kier molecular flexibility index (Phi) is 6.46. The van der Waals surface area contributed by atoms with Crippen molar-refractivity contribution in [2.24, 2.45) is 0 Å². The molecule has 6 nitrogen and oxygen atoms in total. The molecule has 0 saturated carbocycles. The molecule has 1 aliphatic heterocycles. The molecule has 1 aliphatic rings. The Morgan fingerprint density at radius 1 is 1.26 bits per heavy atom. The minimum atomic E-state index is -0.397. The number of nitrogens with zero attached hydrogens (tertiary/aromatic N) is 2. The van der Waals surface area contributed by atoms with Gasteiger partial charge in [0.15, 0.2) is 5.11 Å². The third kappa shape index (κ3) is 4.54. The van der Waals surface area contributed by atoms with Crippen molar-refractivity contribution in [2.75, 3.05) is 13.2 Å². The zero-order chi connectivity index (χ0) is 22.0. The number of pyridine rings is 1. The van der Waals surface area contributed by atoms with Crippen LogP contribution in [0.2, 0.25) is 10.0 Å². The number of carbonyl (C=O) groups excluding carboxylic acids is 1. The van der Waals surface area contributed by atoms with Gasteiger partial charge >= 0.3 is 5.97 Å². The summed E-state index contributed by atoms with van der Waals surface area (Å²) in [6.45, 7) is 2.05. The van der Waals surface area contributed by atoms with Gasteiger partial charge in [-0.05, 0) is 61.6 Å². The van der Waals surface area contributed by atoms with Crippen molar-refractivity contribution in [3.8, 4) is 11.3 Å². The number of furan rings is 1. The highest BCUT2D eigenvalue weighted by Gasteiger charge is 2.42. The van der Waals surface area contributed by atoms with Gasteiger partial charge < -0.3 is 19.4 Å². The van der Waals surface area contributed by atoms with E-state index in [-0.39, 0.29) is 18.6 Å². The standard InChI is InChI=1S/C22H19Cl2N3O3S/c1-2-29-19(28)12-27-21(20(26-22(27)31)16-5-3-4-10-25-16)18-9-8-17(30-18)14-7-6-13(23)11-15(14)24/h3-11,20-21H,2,12H2,1H3,(H,26,31)/t20-,21-/m0/s1. The molecule has 1 fully saturated rings. The quantitative estimate of drug-likeness (QED) is 0.388. The van der Waals surface area contributed by atoms with Gasteiger partial charge in [0.1, 0.15) is 24.1 Å². The molecule has 0 bridgehead atoms.